The van der Waals surface area contributed by atoms with Gasteiger partial charge in [-0.1, -0.05) is 23.8 Å². The Morgan fingerprint density at radius 2 is 2.25 bits per heavy atom. The molecule has 0 amide bonds. The maximum Gasteiger partial charge on any atom is 0.180 e. The topological polar surface area (TPSA) is 41.5 Å². The van der Waals surface area contributed by atoms with Gasteiger partial charge >= 0.3 is 0 Å². The van der Waals surface area contributed by atoms with E-state index in [0.29, 0.717) is 0 Å². The number of hydrogen-bond donors (Lipinski definition) is 2. The van der Waals surface area contributed by atoms with Crippen LogP contribution in [0.4, 0.5) is 5.69 Å². The van der Waals surface area contributed by atoms with E-state index in [-0.39, 0.29) is 0 Å². The van der Waals surface area contributed by atoms with E-state index in [2.05, 4.69) is 25.2 Å². The van der Waals surface area contributed by atoms with Crippen molar-refractivity contribution in [3.63, 3.8) is 0 Å². The molecule has 0 fully saturated rings. The molecule has 1 aromatic rings. The summed E-state index contributed by atoms with van der Waals surface area (Å²) in [5.74, 6) is 0. The molecular weight excluding hydrogens is 202 g/mol. The first kappa shape index (κ1) is 12.7. The highest BCUT2D eigenvalue weighted by atomic mass is 16.6. The molecule has 0 aliphatic carbocycles. The molecule has 16 heavy (non-hydrogen) atoms. The van der Waals surface area contributed by atoms with Crippen LogP contribution >= 0.6 is 0 Å². The van der Waals surface area contributed by atoms with E-state index < -0.39 is 6.29 Å². The predicted octanol–water partition coefficient (Wildman–Crippen LogP) is 2.70. The summed E-state index contributed by atoms with van der Waals surface area (Å²) in [6.45, 7) is 4.91. The monoisotopic (exact) mass is 221 g/mol. The van der Waals surface area contributed by atoms with Gasteiger partial charge in [0.1, 0.15) is 0 Å². The molecule has 0 aromatic heterocycles. The van der Waals surface area contributed by atoms with Gasteiger partial charge in [0.25, 0.3) is 0 Å². The van der Waals surface area contributed by atoms with E-state index in [1.807, 2.05) is 24.3 Å². The molecule has 0 aliphatic rings. The Hall–Kier alpha value is -1.32. The Balaban J connectivity index is 2.64. The zero-order valence-corrected chi connectivity index (χ0v) is 10.0. The van der Waals surface area contributed by atoms with Crippen LogP contribution in [-0.4, -0.2) is 18.8 Å². The van der Waals surface area contributed by atoms with Gasteiger partial charge in [0, 0.05) is 24.9 Å². The average molecular weight is 221 g/mol. The van der Waals surface area contributed by atoms with Crippen LogP contribution < -0.4 is 5.32 Å². The summed E-state index contributed by atoms with van der Waals surface area (Å²) in [6, 6.07) is 7.57. The van der Waals surface area contributed by atoms with Crippen molar-refractivity contribution in [2.75, 3.05) is 19.0 Å². The Labute approximate surface area is 96.8 Å². The largest absolute Gasteiger partial charge is 0.382 e. The molecular formula is C13H19NO2. The number of rotatable bonds is 5. The molecule has 1 rings (SSSR count). The van der Waals surface area contributed by atoms with E-state index in [1.165, 1.54) is 12.7 Å². The molecule has 3 nitrogen and oxygen atoms in total. The van der Waals surface area contributed by atoms with Gasteiger partial charge < -0.3 is 15.2 Å². The molecule has 1 unspecified atom stereocenters. The minimum atomic E-state index is -0.856. The molecule has 0 bridgehead atoms. The van der Waals surface area contributed by atoms with Gasteiger partial charge in [0.2, 0.25) is 0 Å². The second kappa shape index (κ2) is 6.30. The maximum atomic E-state index is 9.51. The Bertz CT molecular complexity index is 357. The maximum absolute atomic E-state index is 9.51. The second-order valence-corrected chi connectivity index (χ2v) is 3.88. The fraction of sp³-hybridized carbons (Fsp3) is 0.385. The molecule has 0 saturated heterocycles. The number of nitrogens with one attached hydrogen (secondary N) is 1. The van der Waals surface area contributed by atoms with Gasteiger partial charge in [-0.3, -0.25) is 0 Å². The van der Waals surface area contributed by atoms with Gasteiger partial charge in [-0.05, 0) is 26.0 Å². The predicted molar refractivity (Wildman–Crippen MR) is 66.3 cm³/mol. The molecule has 2 N–H and O–H groups in total. The smallest absolute Gasteiger partial charge is 0.180 e. The van der Waals surface area contributed by atoms with Crippen LogP contribution in [-0.2, 0) is 4.74 Å². The average Bonchev–Trinajstić information content (AvgIpc) is 2.28. The lowest BCUT2D eigenvalue weighted by atomic mass is 10.2. The molecule has 0 radical (unpaired) electrons. The normalized spacial score (nSPS) is 12.0. The summed E-state index contributed by atoms with van der Waals surface area (Å²) < 4.78 is 4.85. The highest BCUT2D eigenvalue weighted by molar-refractivity contribution is 5.46. The molecule has 0 saturated carbocycles. The minimum absolute atomic E-state index is 0.754. The van der Waals surface area contributed by atoms with Crippen LogP contribution in [0, 0.1) is 0 Å². The number of ether oxygens (including phenoxy) is 1. The van der Waals surface area contributed by atoms with E-state index in [4.69, 9.17) is 4.74 Å². The van der Waals surface area contributed by atoms with Crippen molar-refractivity contribution in [1.82, 2.24) is 0 Å². The Morgan fingerprint density at radius 3 is 2.88 bits per heavy atom. The Kier molecular flexibility index (Phi) is 5.02. The third-order valence-electron chi connectivity index (χ3n) is 2.21. The van der Waals surface area contributed by atoms with Crippen LogP contribution in [0.5, 0.6) is 0 Å². The van der Waals surface area contributed by atoms with Crippen molar-refractivity contribution in [2.24, 2.45) is 0 Å². The number of benzene rings is 1. The van der Waals surface area contributed by atoms with Crippen molar-refractivity contribution in [1.29, 1.82) is 0 Å². The third-order valence-corrected chi connectivity index (χ3v) is 2.21. The first-order chi connectivity index (χ1) is 7.63. The number of aliphatic hydroxyl groups is 1. The summed E-state index contributed by atoms with van der Waals surface area (Å²) in [5, 5.41) is 12.8. The van der Waals surface area contributed by atoms with Crippen molar-refractivity contribution < 1.29 is 9.84 Å². The van der Waals surface area contributed by atoms with E-state index in [9.17, 15) is 5.11 Å². The zero-order valence-electron chi connectivity index (χ0n) is 10.0. The zero-order chi connectivity index (χ0) is 12.0. The third kappa shape index (κ3) is 4.04. The van der Waals surface area contributed by atoms with Crippen LogP contribution in [0.3, 0.4) is 0 Å². The van der Waals surface area contributed by atoms with Crippen LogP contribution in [0.2, 0.25) is 0 Å². The molecule has 1 atom stereocenters. The van der Waals surface area contributed by atoms with Crippen LogP contribution in [0.1, 0.15) is 25.7 Å². The molecule has 0 heterocycles. The van der Waals surface area contributed by atoms with E-state index in [1.54, 1.807) is 0 Å². The fourth-order valence-corrected chi connectivity index (χ4v) is 1.31. The molecule has 0 spiro atoms. The lowest BCUT2D eigenvalue weighted by Crippen LogP contribution is -2.02. The summed E-state index contributed by atoms with van der Waals surface area (Å²) in [4.78, 5) is 0. The number of aliphatic hydroxyl groups excluding tert-OH is 1. The molecule has 88 valence electrons. The van der Waals surface area contributed by atoms with Crippen molar-refractivity contribution in [3.8, 4) is 0 Å². The van der Waals surface area contributed by atoms with Crippen molar-refractivity contribution in [3.05, 3.63) is 41.5 Å². The fourth-order valence-electron chi connectivity index (χ4n) is 1.31. The first-order valence-electron chi connectivity index (χ1n) is 5.31. The van der Waals surface area contributed by atoms with Crippen molar-refractivity contribution >= 4 is 5.69 Å². The van der Waals surface area contributed by atoms with Gasteiger partial charge in [-0.2, -0.15) is 0 Å². The van der Waals surface area contributed by atoms with Crippen LogP contribution in [0.15, 0.2) is 35.9 Å². The highest BCUT2D eigenvalue weighted by Gasteiger charge is 2.04. The summed E-state index contributed by atoms with van der Waals surface area (Å²) in [6.07, 6.45) is 1.25. The summed E-state index contributed by atoms with van der Waals surface area (Å²) in [5.41, 5.74) is 3.01. The molecule has 0 aliphatic heterocycles. The van der Waals surface area contributed by atoms with Crippen LogP contribution in [0.25, 0.3) is 0 Å². The Morgan fingerprint density at radius 1 is 1.50 bits per heavy atom. The van der Waals surface area contributed by atoms with E-state index in [0.717, 1.165) is 17.8 Å². The summed E-state index contributed by atoms with van der Waals surface area (Å²) >= 11 is 0. The standard InChI is InChI=1S/C13H19NO2/c1-10(2)7-8-14-12-6-4-5-11(9-12)13(15)16-3/h4-7,9,13-15H,8H2,1-3H3. The van der Waals surface area contributed by atoms with Gasteiger partial charge in [0.15, 0.2) is 6.29 Å². The number of methoxy groups -OCH3 is 1. The first-order valence-corrected chi connectivity index (χ1v) is 5.31. The SMILES string of the molecule is COC(O)c1cccc(NCC=C(C)C)c1. The van der Waals surface area contributed by atoms with Gasteiger partial charge in [0.05, 0.1) is 0 Å². The van der Waals surface area contributed by atoms with Crippen molar-refractivity contribution in [2.45, 2.75) is 20.1 Å². The number of anilines is 1. The lowest BCUT2D eigenvalue weighted by molar-refractivity contribution is -0.0769. The van der Waals surface area contributed by atoms with Gasteiger partial charge in [-0.15, -0.1) is 0 Å². The molecule has 1 aromatic carbocycles. The van der Waals surface area contributed by atoms with Gasteiger partial charge in [-0.25, -0.2) is 0 Å². The van der Waals surface area contributed by atoms with E-state index >= 15 is 0 Å². The summed E-state index contributed by atoms with van der Waals surface area (Å²) in [7, 11) is 1.48. The number of hydrogen-bond acceptors (Lipinski definition) is 3. The minimum Gasteiger partial charge on any atom is -0.382 e. The number of allylic oxidation sites excluding steroid dienone is 1. The molecule has 3 heteroatoms. The lowest BCUT2D eigenvalue weighted by Gasteiger charge is -2.11. The second-order valence-electron chi connectivity index (χ2n) is 3.88. The quantitative estimate of drug-likeness (QED) is 0.593. The highest BCUT2D eigenvalue weighted by Crippen LogP contribution is 2.17.